The zero-order chi connectivity index (χ0) is 11.4. The van der Waals surface area contributed by atoms with E-state index in [2.05, 4.69) is 11.8 Å². The monoisotopic (exact) mass is 226 g/mol. The van der Waals surface area contributed by atoms with Gasteiger partial charge in [-0.05, 0) is 38.1 Å². The van der Waals surface area contributed by atoms with Gasteiger partial charge in [0.15, 0.2) is 0 Å². The molecule has 1 aliphatic heterocycles. The van der Waals surface area contributed by atoms with Crippen LogP contribution in [0, 0.1) is 5.92 Å². The molecule has 0 amide bonds. The number of hydrogen-bond acceptors (Lipinski definition) is 3. The van der Waals surface area contributed by atoms with Crippen molar-refractivity contribution in [1.29, 1.82) is 0 Å². The van der Waals surface area contributed by atoms with Crippen molar-refractivity contribution in [3.63, 3.8) is 0 Å². The maximum Gasteiger partial charge on any atom is 0.0702 e. The summed E-state index contributed by atoms with van der Waals surface area (Å²) in [6.07, 6.45) is 7.10. The third kappa shape index (κ3) is 2.76. The van der Waals surface area contributed by atoms with Crippen LogP contribution in [0.1, 0.15) is 39.0 Å². The lowest BCUT2D eigenvalue weighted by Gasteiger charge is -2.41. The minimum absolute atomic E-state index is 0.467. The van der Waals surface area contributed by atoms with Crippen molar-refractivity contribution in [2.75, 3.05) is 26.2 Å². The van der Waals surface area contributed by atoms with E-state index >= 15 is 0 Å². The topological polar surface area (TPSA) is 38.5 Å². The fourth-order valence-electron chi connectivity index (χ4n) is 3.01. The Balaban J connectivity index is 1.85. The molecule has 2 atom stereocenters. The van der Waals surface area contributed by atoms with Crippen molar-refractivity contribution in [3.8, 4) is 0 Å². The molecule has 2 unspecified atom stereocenters. The molecule has 0 spiro atoms. The van der Waals surface area contributed by atoms with Gasteiger partial charge in [-0.15, -0.1) is 0 Å². The Bertz CT molecular complexity index is 200. The van der Waals surface area contributed by atoms with Crippen LogP contribution in [-0.2, 0) is 4.74 Å². The molecule has 2 N–H and O–H groups in total. The van der Waals surface area contributed by atoms with E-state index in [1.807, 2.05) is 0 Å². The number of nitrogens with two attached hydrogens (primary N) is 1. The van der Waals surface area contributed by atoms with Crippen molar-refractivity contribution in [3.05, 3.63) is 0 Å². The second kappa shape index (κ2) is 5.99. The molecule has 0 aromatic heterocycles. The summed E-state index contributed by atoms with van der Waals surface area (Å²) in [6.45, 7) is 6.22. The zero-order valence-corrected chi connectivity index (χ0v) is 10.5. The molecule has 2 aliphatic rings. The van der Waals surface area contributed by atoms with Crippen molar-refractivity contribution in [2.24, 2.45) is 11.7 Å². The third-order valence-corrected chi connectivity index (χ3v) is 4.27. The van der Waals surface area contributed by atoms with E-state index < -0.39 is 0 Å². The molecule has 0 aromatic carbocycles. The van der Waals surface area contributed by atoms with Gasteiger partial charge in [0.05, 0.1) is 6.10 Å². The van der Waals surface area contributed by atoms with Gasteiger partial charge in [-0.25, -0.2) is 0 Å². The van der Waals surface area contributed by atoms with Crippen LogP contribution < -0.4 is 5.73 Å². The molecule has 3 heteroatoms. The molecule has 0 radical (unpaired) electrons. The molecule has 2 rings (SSSR count). The second-order valence-corrected chi connectivity index (χ2v) is 5.22. The summed E-state index contributed by atoms with van der Waals surface area (Å²) in [5.41, 5.74) is 5.95. The highest BCUT2D eigenvalue weighted by molar-refractivity contribution is 4.86. The summed E-state index contributed by atoms with van der Waals surface area (Å²) in [7, 11) is 0. The summed E-state index contributed by atoms with van der Waals surface area (Å²) in [4.78, 5) is 2.56. The average molecular weight is 226 g/mol. The van der Waals surface area contributed by atoms with Gasteiger partial charge < -0.3 is 10.5 Å². The molecule has 1 heterocycles. The second-order valence-electron chi connectivity index (χ2n) is 5.22. The first-order chi connectivity index (χ1) is 7.85. The Morgan fingerprint density at radius 3 is 2.56 bits per heavy atom. The summed E-state index contributed by atoms with van der Waals surface area (Å²) >= 11 is 0. The van der Waals surface area contributed by atoms with Gasteiger partial charge in [0.2, 0.25) is 0 Å². The molecule has 2 fully saturated rings. The van der Waals surface area contributed by atoms with Gasteiger partial charge >= 0.3 is 0 Å². The molecule has 94 valence electrons. The number of nitrogens with zero attached hydrogens (tertiary/aromatic N) is 1. The Labute approximate surface area is 99.3 Å². The standard InChI is InChI=1S/C13H26N2O/c1-2-15(10-12-7-4-8-16-12)13(9-14)11-5-3-6-11/h11-13H,2-10,14H2,1H3. The normalized spacial score (nSPS) is 28.3. The van der Waals surface area contributed by atoms with E-state index in [-0.39, 0.29) is 0 Å². The molecular weight excluding hydrogens is 200 g/mol. The minimum atomic E-state index is 0.467. The van der Waals surface area contributed by atoms with Gasteiger partial charge in [0.1, 0.15) is 0 Å². The van der Waals surface area contributed by atoms with Crippen LogP contribution in [0.2, 0.25) is 0 Å². The first kappa shape index (κ1) is 12.3. The number of likely N-dealkylation sites (N-methyl/N-ethyl adjacent to an activating group) is 1. The molecule has 1 saturated heterocycles. The number of rotatable bonds is 6. The average Bonchev–Trinajstić information content (AvgIpc) is 2.72. The van der Waals surface area contributed by atoms with Crippen LogP contribution in [0.3, 0.4) is 0 Å². The predicted octanol–water partition coefficient (Wildman–Crippen LogP) is 1.61. The van der Waals surface area contributed by atoms with Gasteiger partial charge in [0.25, 0.3) is 0 Å². The first-order valence-corrected chi connectivity index (χ1v) is 6.90. The number of hydrogen-bond donors (Lipinski definition) is 1. The van der Waals surface area contributed by atoms with E-state index in [1.54, 1.807) is 0 Å². The minimum Gasteiger partial charge on any atom is -0.377 e. The Hall–Kier alpha value is -0.120. The molecule has 1 saturated carbocycles. The van der Waals surface area contributed by atoms with Gasteiger partial charge in [-0.3, -0.25) is 4.90 Å². The van der Waals surface area contributed by atoms with E-state index in [0.29, 0.717) is 12.1 Å². The van der Waals surface area contributed by atoms with Crippen LogP contribution in [0.5, 0.6) is 0 Å². The first-order valence-electron chi connectivity index (χ1n) is 6.90. The summed E-state index contributed by atoms with van der Waals surface area (Å²) in [5.74, 6) is 0.853. The molecule has 16 heavy (non-hydrogen) atoms. The fraction of sp³-hybridized carbons (Fsp3) is 1.00. The molecule has 1 aliphatic carbocycles. The van der Waals surface area contributed by atoms with Crippen LogP contribution in [0.4, 0.5) is 0 Å². The van der Waals surface area contributed by atoms with Crippen LogP contribution in [0.25, 0.3) is 0 Å². The Kier molecular flexibility index (Phi) is 4.62. The van der Waals surface area contributed by atoms with Crippen molar-refractivity contribution >= 4 is 0 Å². The smallest absolute Gasteiger partial charge is 0.0702 e. The van der Waals surface area contributed by atoms with Gasteiger partial charge in [-0.1, -0.05) is 13.3 Å². The zero-order valence-electron chi connectivity index (χ0n) is 10.5. The highest BCUT2D eigenvalue weighted by atomic mass is 16.5. The van der Waals surface area contributed by atoms with Crippen molar-refractivity contribution in [2.45, 2.75) is 51.2 Å². The summed E-state index contributed by atoms with van der Waals surface area (Å²) < 4.78 is 5.73. The highest BCUT2D eigenvalue weighted by Crippen LogP contribution is 2.32. The highest BCUT2D eigenvalue weighted by Gasteiger charge is 2.31. The van der Waals surface area contributed by atoms with E-state index in [0.717, 1.165) is 32.2 Å². The lowest BCUT2D eigenvalue weighted by atomic mass is 9.79. The fourth-order valence-corrected chi connectivity index (χ4v) is 3.01. The van der Waals surface area contributed by atoms with E-state index in [4.69, 9.17) is 10.5 Å². The van der Waals surface area contributed by atoms with Crippen LogP contribution in [-0.4, -0.2) is 43.3 Å². The number of ether oxygens (including phenoxy) is 1. The van der Waals surface area contributed by atoms with Crippen LogP contribution >= 0.6 is 0 Å². The van der Waals surface area contributed by atoms with Gasteiger partial charge in [-0.2, -0.15) is 0 Å². The molecule has 3 nitrogen and oxygen atoms in total. The maximum atomic E-state index is 5.95. The van der Waals surface area contributed by atoms with Crippen molar-refractivity contribution in [1.82, 2.24) is 4.90 Å². The van der Waals surface area contributed by atoms with E-state index in [9.17, 15) is 0 Å². The molecule has 0 bridgehead atoms. The lowest BCUT2D eigenvalue weighted by Crippen LogP contribution is -2.50. The Morgan fingerprint density at radius 2 is 2.12 bits per heavy atom. The van der Waals surface area contributed by atoms with Crippen molar-refractivity contribution < 1.29 is 4.74 Å². The van der Waals surface area contributed by atoms with E-state index in [1.165, 1.54) is 32.1 Å². The quantitative estimate of drug-likeness (QED) is 0.748. The molecular formula is C13H26N2O. The van der Waals surface area contributed by atoms with Gasteiger partial charge in [0, 0.05) is 25.7 Å². The molecule has 0 aromatic rings. The third-order valence-electron chi connectivity index (χ3n) is 4.27. The SMILES string of the molecule is CCN(CC1CCCO1)C(CN)C1CCC1. The van der Waals surface area contributed by atoms with Crippen LogP contribution in [0.15, 0.2) is 0 Å². The lowest BCUT2D eigenvalue weighted by molar-refractivity contribution is 0.0349. The largest absolute Gasteiger partial charge is 0.377 e. The predicted molar refractivity (Wildman–Crippen MR) is 66.4 cm³/mol. The summed E-state index contributed by atoms with van der Waals surface area (Å²) in [6, 6.07) is 0.600. The maximum absolute atomic E-state index is 5.95. The summed E-state index contributed by atoms with van der Waals surface area (Å²) in [5, 5.41) is 0. The Morgan fingerprint density at radius 1 is 1.31 bits per heavy atom.